The molecule has 2 heterocycles. The fourth-order valence-electron chi connectivity index (χ4n) is 2.48. The lowest BCUT2D eigenvalue weighted by Crippen LogP contribution is -2.13. The highest BCUT2D eigenvalue weighted by molar-refractivity contribution is 8.14. The van der Waals surface area contributed by atoms with Crippen LogP contribution in [-0.4, -0.2) is 22.7 Å². The number of thioether (sulfide) groups is 1. The number of benzene rings is 2. The van der Waals surface area contributed by atoms with Crippen LogP contribution >= 0.6 is 11.8 Å². The lowest BCUT2D eigenvalue weighted by molar-refractivity contribution is 0.289. The summed E-state index contributed by atoms with van der Waals surface area (Å²) in [5.74, 6) is 0.686. The van der Waals surface area contributed by atoms with E-state index in [1.165, 1.54) is 11.1 Å². The van der Waals surface area contributed by atoms with Gasteiger partial charge in [-0.15, -0.1) is 0 Å². The number of aryl methyl sites for hydroxylation is 2. The summed E-state index contributed by atoms with van der Waals surface area (Å²) >= 11 is 1.58. The number of fused-ring (bicyclic) bond motifs is 1. The van der Waals surface area contributed by atoms with Crippen molar-refractivity contribution in [2.75, 3.05) is 5.32 Å². The number of amidine groups is 1. The van der Waals surface area contributed by atoms with Crippen LogP contribution in [0.2, 0.25) is 0 Å². The monoisotopic (exact) mass is 323 g/mol. The summed E-state index contributed by atoms with van der Waals surface area (Å²) in [4.78, 5) is 9.22. The van der Waals surface area contributed by atoms with Gasteiger partial charge in [-0.25, -0.2) is 9.98 Å². The molecule has 0 amide bonds. The minimum Gasteiger partial charge on any atom is -0.458 e. The first kappa shape index (κ1) is 14.3. The van der Waals surface area contributed by atoms with Crippen molar-refractivity contribution in [1.82, 2.24) is 0 Å². The molecule has 4 rings (SSSR count). The molecule has 2 aromatic rings. The molecule has 0 saturated heterocycles. The molecule has 116 valence electrons. The zero-order valence-corrected chi connectivity index (χ0v) is 13.8. The number of ether oxygens (including phenoxy) is 1. The zero-order valence-electron chi connectivity index (χ0n) is 13.0. The van der Waals surface area contributed by atoms with Crippen LogP contribution in [0.4, 0.5) is 5.69 Å². The van der Waals surface area contributed by atoms with Gasteiger partial charge in [-0.3, -0.25) is 0 Å². The van der Waals surface area contributed by atoms with Gasteiger partial charge in [-0.05, 0) is 49.9 Å². The number of hydrogen-bond acceptors (Lipinski definition) is 5. The Balaban J connectivity index is 1.48. The third kappa shape index (κ3) is 2.97. The molecule has 2 aliphatic heterocycles. The number of nitrogens with zero attached hydrogens (tertiary/aromatic N) is 2. The summed E-state index contributed by atoms with van der Waals surface area (Å²) in [6, 6.07) is 16.5. The highest BCUT2D eigenvalue weighted by atomic mass is 32.2. The third-order valence-electron chi connectivity index (χ3n) is 3.80. The average Bonchev–Trinajstić information content (AvgIpc) is 3.09. The summed E-state index contributed by atoms with van der Waals surface area (Å²) in [7, 11) is 0. The van der Waals surface area contributed by atoms with Gasteiger partial charge < -0.3 is 10.1 Å². The molecule has 5 heteroatoms. The molecule has 0 bridgehead atoms. The molecule has 2 aliphatic rings. The van der Waals surface area contributed by atoms with E-state index in [1.54, 1.807) is 11.8 Å². The summed E-state index contributed by atoms with van der Waals surface area (Å²) in [5, 5.41) is 4.18. The van der Waals surface area contributed by atoms with E-state index in [9.17, 15) is 0 Å². The minimum atomic E-state index is -0.163. The van der Waals surface area contributed by atoms with Gasteiger partial charge in [0, 0.05) is 11.3 Å². The van der Waals surface area contributed by atoms with Crippen LogP contribution in [-0.2, 0) is 4.74 Å². The van der Waals surface area contributed by atoms with Crippen LogP contribution in [0, 0.1) is 13.8 Å². The van der Waals surface area contributed by atoms with Crippen LogP contribution in [0.25, 0.3) is 0 Å². The maximum absolute atomic E-state index is 5.96. The van der Waals surface area contributed by atoms with Crippen LogP contribution in [0.1, 0.15) is 16.7 Å². The minimum absolute atomic E-state index is 0.0701. The topological polar surface area (TPSA) is 46.0 Å². The summed E-state index contributed by atoms with van der Waals surface area (Å²) in [6.45, 7) is 4.14. The third-order valence-corrected chi connectivity index (χ3v) is 4.80. The summed E-state index contributed by atoms with van der Waals surface area (Å²) in [5.41, 5.74) is 4.44. The Labute approximate surface area is 139 Å². The molecule has 2 aromatic carbocycles. The van der Waals surface area contributed by atoms with Crippen molar-refractivity contribution in [3.05, 3.63) is 65.2 Å². The first-order chi connectivity index (χ1) is 11.2. The van der Waals surface area contributed by atoms with Gasteiger partial charge in [0.25, 0.3) is 0 Å². The van der Waals surface area contributed by atoms with Crippen molar-refractivity contribution in [3.63, 3.8) is 0 Å². The zero-order chi connectivity index (χ0) is 15.8. The van der Waals surface area contributed by atoms with Crippen molar-refractivity contribution in [2.45, 2.75) is 25.4 Å². The molecule has 0 radical (unpaired) electrons. The molecule has 0 saturated carbocycles. The van der Waals surface area contributed by atoms with Gasteiger partial charge >= 0.3 is 0 Å². The SMILES string of the molecule is Cc1ccc(NC2=N[C@H]3N=C(c4ccc(C)cc4)O[C@H]3S2)cc1. The molecule has 0 spiro atoms. The Bertz CT molecular complexity index is 781. The number of anilines is 1. The van der Waals surface area contributed by atoms with Gasteiger partial charge in [0.05, 0.1) is 0 Å². The van der Waals surface area contributed by atoms with Crippen LogP contribution in [0.3, 0.4) is 0 Å². The van der Waals surface area contributed by atoms with Crippen molar-refractivity contribution < 1.29 is 4.74 Å². The van der Waals surface area contributed by atoms with Crippen molar-refractivity contribution in [2.24, 2.45) is 9.98 Å². The molecule has 0 fully saturated rings. The van der Waals surface area contributed by atoms with Crippen molar-refractivity contribution >= 4 is 28.5 Å². The largest absolute Gasteiger partial charge is 0.458 e. The van der Waals surface area contributed by atoms with E-state index in [-0.39, 0.29) is 11.6 Å². The van der Waals surface area contributed by atoms with E-state index in [2.05, 4.69) is 53.4 Å². The van der Waals surface area contributed by atoms with E-state index in [0.29, 0.717) is 5.90 Å². The summed E-state index contributed by atoms with van der Waals surface area (Å²) in [6.07, 6.45) is -0.163. The van der Waals surface area contributed by atoms with E-state index in [4.69, 9.17) is 4.74 Å². The van der Waals surface area contributed by atoms with E-state index in [1.807, 2.05) is 24.3 Å². The fraction of sp³-hybridized carbons (Fsp3) is 0.222. The second kappa shape index (κ2) is 5.74. The smallest absolute Gasteiger partial charge is 0.219 e. The number of aliphatic imine (C=N–C) groups is 2. The molecule has 1 N–H and O–H groups in total. The predicted molar refractivity (Wildman–Crippen MR) is 96.2 cm³/mol. The van der Waals surface area contributed by atoms with Gasteiger partial charge in [-0.1, -0.05) is 35.4 Å². The molecule has 0 unspecified atom stereocenters. The Morgan fingerprint density at radius 3 is 2.22 bits per heavy atom. The highest BCUT2D eigenvalue weighted by Gasteiger charge is 2.38. The second-order valence-electron chi connectivity index (χ2n) is 5.74. The molecule has 2 atom stereocenters. The standard InChI is InChI=1S/C18H17N3OS/c1-11-3-7-13(8-4-11)16-20-15-17(22-16)23-18(21-15)19-14-9-5-12(2)6-10-14/h3-10,15,17H,1-2H3,(H,19,21)/t15-,17+/m1/s1. The molecular weight excluding hydrogens is 306 g/mol. The second-order valence-corrected chi connectivity index (χ2v) is 6.83. The maximum atomic E-state index is 5.96. The first-order valence-electron chi connectivity index (χ1n) is 7.57. The van der Waals surface area contributed by atoms with Crippen molar-refractivity contribution in [1.29, 1.82) is 0 Å². The first-order valence-corrected chi connectivity index (χ1v) is 8.45. The van der Waals surface area contributed by atoms with E-state index in [0.717, 1.165) is 16.4 Å². The summed E-state index contributed by atoms with van der Waals surface area (Å²) < 4.78 is 5.96. The fourth-order valence-corrected chi connectivity index (χ4v) is 3.43. The highest BCUT2D eigenvalue weighted by Crippen LogP contribution is 2.34. The van der Waals surface area contributed by atoms with Crippen LogP contribution in [0.5, 0.6) is 0 Å². The Morgan fingerprint density at radius 2 is 1.57 bits per heavy atom. The Kier molecular flexibility index (Phi) is 3.58. The Morgan fingerprint density at radius 1 is 0.913 bits per heavy atom. The maximum Gasteiger partial charge on any atom is 0.219 e. The quantitative estimate of drug-likeness (QED) is 0.910. The average molecular weight is 323 g/mol. The van der Waals surface area contributed by atoms with Crippen molar-refractivity contribution in [3.8, 4) is 0 Å². The normalized spacial score (nSPS) is 22.2. The molecule has 4 nitrogen and oxygen atoms in total. The van der Waals surface area contributed by atoms with Crippen LogP contribution < -0.4 is 5.32 Å². The number of rotatable bonds is 2. The molecule has 0 aromatic heterocycles. The van der Waals surface area contributed by atoms with Gasteiger partial charge in [-0.2, -0.15) is 0 Å². The predicted octanol–water partition coefficient (Wildman–Crippen LogP) is 3.95. The Hall–Kier alpha value is -2.27. The number of hydrogen-bond donors (Lipinski definition) is 1. The van der Waals surface area contributed by atoms with E-state index < -0.39 is 0 Å². The lowest BCUT2D eigenvalue weighted by atomic mass is 10.1. The number of nitrogens with one attached hydrogen (secondary N) is 1. The van der Waals surface area contributed by atoms with Gasteiger partial charge in [0.1, 0.15) is 0 Å². The molecule has 0 aliphatic carbocycles. The van der Waals surface area contributed by atoms with Crippen LogP contribution in [0.15, 0.2) is 58.5 Å². The van der Waals surface area contributed by atoms with E-state index >= 15 is 0 Å². The van der Waals surface area contributed by atoms with Gasteiger partial charge in [0.15, 0.2) is 16.8 Å². The molecular formula is C18H17N3OS. The lowest BCUT2D eigenvalue weighted by Gasteiger charge is -2.09. The molecule has 23 heavy (non-hydrogen) atoms. The van der Waals surface area contributed by atoms with Gasteiger partial charge in [0.2, 0.25) is 5.90 Å².